The maximum Gasteiger partial charge on any atom is 0.269 e. The first-order valence-electron chi connectivity index (χ1n) is 11.3. The Morgan fingerprint density at radius 3 is 3.00 bits per heavy atom. The highest BCUT2D eigenvalue weighted by Crippen LogP contribution is 2.36. The molecule has 0 bridgehead atoms. The van der Waals surface area contributed by atoms with Crippen LogP contribution in [-0.4, -0.2) is 60.3 Å². The summed E-state index contributed by atoms with van der Waals surface area (Å²) in [7, 11) is 0. The Morgan fingerprint density at radius 2 is 2.17 bits per heavy atom. The minimum absolute atomic E-state index is 0.147. The molecular weight excluding hydrogens is 382 g/mol. The fourth-order valence-electron chi connectivity index (χ4n) is 5.24. The second-order valence-electron chi connectivity index (χ2n) is 8.84. The van der Waals surface area contributed by atoms with E-state index < -0.39 is 0 Å². The second-order valence-corrected chi connectivity index (χ2v) is 8.84. The monoisotopic (exact) mass is 413 g/mol. The quantitative estimate of drug-likeness (QED) is 0.803. The van der Waals surface area contributed by atoms with E-state index in [2.05, 4.69) is 25.6 Å². The lowest BCUT2D eigenvalue weighted by Gasteiger charge is -2.36. The van der Waals surface area contributed by atoms with E-state index in [4.69, 9.17) is 4.74 Å². The summed E-state index contributed by atoms with van der Waals surface area (Å²) in [5.74, 6) is -0.150. The third-order valence-electron chi connectivity index (χ3n) is 6.97. The summed E-state index contributed by atoms with van der Waals surface area (Å²) >= 11 is 0. The number of nitrogens with zero attached hydrogens (tertiary/aromatic N) is 6. The van der Waals surface area contributed by atoms with Crippen LogP contribution in [-0.2, 0) is 31.0 Å². The molecule has 1 saturated carbocycles. The highest BCUT2D eigenvalue weighted by atomic mass is 16.5. The summed E-state index contributed by atoms with van der Waals surface area (Å²) < 4.78 is 10.1. The fraction of sp³-hybridized carbons (Fsp3) is 0.714. The Labute approximate surface area is 176 Å². The molecule has 4 heterocycles. The largest absolute Gasteiger partial charge is 0.365 e. The van der Waals surface area contributed by atoms with Crippen LogP contribution in [0.25, 0.3) is 0 Å². The maximum atomic E-state index is 12.5. The van der Waals surface area contributed by atoms with Gasteiger partial charge >= 0.3 is 0 Å². The number of amides is 1. The van der Waals surface area contributed by atoms with Crippen LogP contribution < -0.4 is 5.32 Å². The summed E-state index contributed by atoms with van der Waals surface area (Å²) in [6, 6.07) is 2.45. The lowest BCUT2D eigenvalue weighted by atomic mass is 9.94. The van der Waals surface area contributed by atoms with Gasteiger partial charge in [-0.2, -0.15) is 5.10 Å². The highest BCUT2D eigenvalue weighted by Gasteiger charge is 2.45. The number of hydrogen-bond acceptors (Lipinski definition) is 6. The van der Waals surface area contributed by atoms with Crippen molar-refractivity contribution >= 4 is 5.91 Å². The number of aryl methyl sites for hydroxylation is 1. The maximum absolute atomic E-state index is 12.5. The normalized spacial score (nSPS) is 25.0. The van der Waals surface area contributed by atoms with Crippen molar-refractivity contribution in [3.05, 3.63) is 29.3 Å². The predicted octanol–water partition coefficient (Wildman–Crippen LogP) is 1.73. The third kappa shape index (κ3) is 3.65. The van der Waals surface area contributed by atoms with Crippen LogP contribution in [0.5, 0.6) is 0 Å². The molecule has 9 heteroatoms. The van der Waals surface area contributed by atoms with Gasteiger partial charge in [0, 0.05) is 31.9 Å². The summed E-state index contributed by atoms with van der Waals surface area (Å²) in [6.07, 6.45) is 9.44. The van der Waals surface area contributed by atoms with E-state index in [9.17, 15) is 4.79 Å². The molecule has 1 unspecified atom stereocenters. The van der Waals surface area contributed by atoms with Crippen LogP contribution in [0.2, 0.25) is 0 Å². The third-order valence-corrected chi connectivity index (χ3v) is 6.97. The highest BCUT2D eigenvalue weighted by molar-refractivity contribution is 5.92. The number of aromatic nitrogens is 5. The van der Waals surface area contributed by atoms with E-state index in [1.165, 1.54) is 32.1 Å². The Hall–Kier alpha value is -2.26. The first-order chi connectivity index (χ1) is 14.7. The first-order valence-corrected chi connectivity index (χ1v) is 11.3. The van der Waals surface area contributed by atoms with Crippen LogP contribution in [0.1, 0.15) is 67.3 Å². The van der Waals surface area contributed by atoms with Crippen molar-refractivity contribution in [1.29, 1.82) is 0 Å². The number of carbonyl (C=O) groups excluding carboxylic acids is 1. The van der Waals surface area contributed by atoms with Gasteiger partial charge in [0.1, 0.15) is 17.0 Å². The van der Waals surface area contributed by atoms with Crippen molar-refractivity contribution < 1.29 is 9.53 Å². The molecule has 9 nitrogen and oxygen atoms in total. The van der Waals surface area contributed by atoms with Crippen LogP contribution >= 0.6 is 0 Å². The molecule has 5 rings (SSSR count). The molecule has 0 aromatic carbocycles. The molecular formula is C21H31N7O2. The standard InChI is InChI=1S/C21H31N7O2/c1-2-27-18(8-10-23-27)20(29)22-12-17-19-13-30-21(15-28(19)25-24-17)9-11-26(14-21)16-6-4-3-5-7-16/h8,10,16H,2-7,9,11-15H2,1H3,(H,22,29). The van der Waals surface area contributed by atoms with Crippen molar-refractivity contribution in [2.24, 2.45) is 0 Å². The Kier molecular flexibility index (Phi) is 5.32. The molecule has 1 spiro atoms. The number of rotatable bonds is 5. The number of carbonyl (C=O) groups is 1. The molecule has 3 aliphatic rings. The van der Waals surface area contributed by atoms with Gasteiger partial charge in [-0.1, -0.05) is 24.5 Å². The molecule has 1 N–H and O–H groups in total. The van der Waals surface area contributed by atoms with Gasteiger partial charge in [0.25, 0.3) is 5.91 Å². The summed E-state index contributed by atoms with van der Waals surface area (Å²) in [5, 5.41) is 15.8. The average molecular weight is 414 g/mol. The molecule has 2 aliphatic heterocycles. The molecule has 1 atom stereocenters. The lowest BCUT2D eigenvalue weighted by molar-refractivity contribution is -0.0864. The molecule has 162 valence electrons. The van der Waals surface area contributed by atoms with E-state index in [0.717, 1.165) is 43.5 Å². The van der Waals surface area contributed by atoms with Crippen LogP contribution in [0.4, 0.5) is 0 Å². The Morgan fingerprint density at radius 1 is 1.30 bits per heavy atom. The van der Waals surface area contributed by atoms with Crippen molar-refractivity contribution in [1.82, 2.24) is 35.0 Å². The smallest absolute Gasteiger partial charge is 0.269 e. The van der Waals surface area contributed by atoms with Gasteiger partial charge in [0.2, 0.25) is 0 Å². The number of ether oxygens (including phenoxy) is 1. The molecule has 1 aliphatic carbocycles. The van der Waals surface area contributed by atoms with Gasteiger partial charge in [-0.15, -0.1) is 5.10 Å². The van der Waals surface area contributed by atoms with Crippen molar-refractivity contribution in [3.63, 3.8) is 0 Å². The zero-order valence-corrected chi connectivity index (χ0v) is 17.7. The van der Waals surface area contributed by atoms with Gasteiger partial charge in [-0.3, -0.25) is 14.4 Å². The second kappa shape index (κ2) is 8.11. The summed E-state index contributed by atoms with van der Waals surface area (Å²) in [5.41, 5.74) is 2.16. The van der Waals surface area contributed by atoms with Gasteiger partial charge in [0.05, 0.1) is 25.4 Å². The predicted molar refractivity (Wildman–Crippen MR) is 110 cm³/mol. The van der Waals surface area contributed by atoms with Crippen molar-refractivity contribution in [2.45, 2.75) is 83.3 Å². The topological polar surface area (TPSA) is 90.1 Å². The minimum atomic E-state index is -0.150. The molecule has 2 fully saturated rings. The molecule has 0 radical (unpaired) electrons. The zero-order chi connectivity index (χ0) is 20.6. The van der Waals surface area contributed by atoms with Gasteiger partial charge < -0.3 is 10.1 Å². The SMILES string of the molecule is CCn1nccc1C(=O)NCc1nnn2c1COC1(CCN(C3CCCCC3)C1)C2. The number of nitrogens with one attached hydrogen (secondary N) is 1. The molecule has 2 aromatic rings. The summed E-state index contributed by atoms with van der Waals surface area (Å²) in [6.45, 7) is 6.31. The average Bonchev–Trinajstić information content (AvgIpc) is 3.51. The van der Waals surface area contributed by atoms with E-state index >= 15 is 0 Å². The molecule has 30 heavy (non-hydrogen) atoms. The molecule has 2 aromatic heterocycles. The Bertz CT molecular complexity index is 901. The van der Waals surface area contributed by atoms with E-state index in [1.54, 1.807) is 16.9 Å². The Balaban J connectivity index is 1.21. The van der Waals surface area contributed by atoms with Crippen LogP contribution in [0, 0.1) is 0 Å². The molecule has 1 amide bonds. The summed E-state index contributed by atoms with van der Waals surface area (Å²) in [4.78, 5) is 15.1. The fourth-order valence-corrected chi connectivity index (χ4v) is 5.24. The lowest BCUT2D eigenvalue weighted by Crippen LogP contribution is -2.46. The first kappa shape index (κ1) is 19.7. The van der Waals surface area contributed by atoms with E-state index in [-0.39, 0.29) is 11.5 Å². The zero-order valence-electron chi connectivity index (χ0n) is 17.7. The number of fused-ring (bicyclic) bond motifs is 1. The van der Waals surface area contributed by atoms with E-state index in [0.29, 0.717) is 25.4 Å². The van der Waals surface area contributed by atoms with Crippen LogP contribution in [0.3, 0.4) is 0 Å². The van der Waals surface area contributed by atoms with Gasteiger partial charge in [-0.05, 0) is 32.3 Å². The van der Waals surface area contributed by atoms with E-state index in [1.807, 2.05) is 11.6 Å². The van der Waals surface area contributed by atoms with Crippen molar-refractivity contribution in [3.8, 4) is 0 Å². The number of hydrogen-bond donors (Lipinski definition) is 1. The number of likely N-dealkylation sites (tertiary alicyclic amines) is 1. The minimum Gasteiger partial charge on any atom is -0.365 e. The van der Waals surface area contributed by atoms with Crippen molar-refractivity contribution in [2.75, 3.05) is 13.1 Å². The molecule has 1 saturated heterocycles. The van der Waals surface area contributed by atoms with Gasteiger partial charge in [-0.25, -0.2) is 4.68 Å². The van der Waals surface area contributed by atoms with Gasteiger partial charge in [0.15, 0.2) is 0 Å². The van der Waals surface area contributed by atoms with Crippen LogP contribution in [0.15, 0.2) is 12.3 Å².